The van der Waals surface area contributed by atoms with Crippen LogP contribution in [0.25, 0.3) is 0 Å². The Morgan fingerprint density at radius 2 is 2.06 bits per heavy atom. The van der Waals surface area contributed by atoms with Crippen LogP contribution in [0.4, 0.5) is 4.39 Å². The van der Waals surface area contributed by atoms with Gasteiger partial charge < -0.3 is 0 Å². The minimum Gasteiger partial charge on any atom is -0.254 e. The summed E-state index contributed by atoms with van der Waals surface area (Å²) >= 11 is 1.54. The van der Waals surface area contributed by atoms with E-state index in [0.717, 1.165) is 10.7 Å². The van der Waals surface area contributed by atoms with Crippen LogP contribution in [0.2, 0.25) is 0 Å². The molecule has 1 unspecified atom stereocenters. The third-order valence-corrected chi connectivity index (χ3v) is 4.20. The monoisotopic (exact) mass is 255 g/mol. The fraction of sp³-hybridized carbons (Fsp3) is 0.182. The highest BCUT2D eigenvalue weighted by molar-refractivity contribution is 7.84. The van der Waals surface area contributed by atoms with Crippen molar-refractivity contribution >= 4 is 22.1 Å². The van der Waals surface area contributed by atoms with Crippen LogP contribution in [0.1, 0.15) is 10.7 Å². The van der Waals surface area contributed by atoms with E-state index in [1.165, 1.54) is 23.5 Å². The molecule has 0 bridgehead atoms. The molecule has 1 aromatic heterocycles. The molecule has 84 valence electrons. The number of hydrogen-bond donors (Lipinski definition) is 0. The number of rotatable bonds is 3. The predicted molar refractivity (Wildman–Crippen MR) is 63.4 cm³/mol. The van der Waals surface area contributed by atoms with Crippen molar-refractivity contribution in [3.63, 3.8) is 0 Å². The molecule has 1 atom stereocenters. The number of thiazole rings is 1. The molecule has 0 saturated carbocycles. The van der Waals surface area contributed by atoms with Crippen LogP contribution in [0, 0.1) is 12.7 Å². The van der Waals surface area contributed by atoms with Gasteiger partial charge in [0.25, 0.3) is 0 Å². The van der Waals surface area contributed by atoms with Gasteiger partial charge in [0.1, 0.15) is 5.82 Å². The third kappa shape index (κ3) is 2.74. The maximum Gasteiger partial charge on any atom is 0.123 e. The highest BCUT2D eigenvalue weighted by Crippen LogP contribution is 2.15. The number of aryl methyl sites for hydroxylation is 1. The van der Waals surface area contributed by atoms with Gasteiger partial charge in [-0.3, -0.25) is 4.21 Å². The molecule has 0 spiro atoms. The molecule has 0 amide bonds. The predicted octanol–water partition coefficient (Wildman–Crippen LogP) is 2.90. The van der Waals surface area contributed by atoms with Gasteiger partial charge in [-0.15, -0.1) is 11.3 Å². The highest BCUT2D eigenvalue weighted by atomic mass is 32.2. The van der Waals surface area contributed by atoms with Crippen molar-refractivity contribution in [1.82, 2.24) is 4.98 Å². The summed E-state index contributed by atoms with van der Waals surface area (Å²) < 4.78 is 24.6. The second-order valence-electron chi connectivity index (χ2n) is 3.30. The molecular formula is C11H10FNOS2. The van der Waals surface area contributed by atoms with Crippen LogP contribution < -0.4 is 0 Å². The number of aromatic nitrogens is 1. The first-order valence-electron chi connectivity index (χ1n) is 4.70. The Bertz CT molecular complexity index is 507. The van der Waals surface area contributed by atoms with E-state index in [2.05, 4.69) is 4.98 Å². The Kier molecular flexibility index (Phi) is 3.46. The molecule has 1 heterocycles. The molecule has 0 aliphatic heterocycles. The van der Waals surface area contributed by atoms with Crippen LogP contribution >= 0.6 is 11.3 Å². The second kappa shape index (κ2) is 4.84. The van der Waals surface area contributed by atoms with Gasteiger partial charge in [-0.25, -0.2) is 9.37 Å². The lowest BCUT2D eigenvalue weighted by atomic mass is 10.4. The zero-order valence-electron chi connectivity index (χ0n) is 8.64. The maximum absolute atomic E-state index is 12.7. The maximum atomic E-state index is 12.7. The van der Waals surface area contributed by atoms with Crippen LogP contribution in [0.15, 0.2) is 34.5 Å². The molecule has 0 saturated heterocycles. The summed E-state index contributed by atoms with van der Waals surface area (Å²) in [5.74, 6) is 0.0703. The zero-order valence-corrected chi connectivity index (χ0v) is 10.3. The average Bonchev–Trinajstić information content (AvgIpc) is 2.65. The molecule has 16 heavy (non-hydrogen) atoms. The second-order valence-corrected chi connectivity index (χ2v) is 5.81. The molecule has 0 fully saturated rings. The van der Waals surface area contributed by atoms with Crippen molar-refractivity contribution in [2.45, 2.75) is 17.6 Å². The Morgan fingerprint density at radius 1 is 1.38 bits per heavy atom. The standard InChI is InChI=1S/C11H10FNOS2/c1-8-13-10(6-15-8)7-16(14)11-4-2-9(12)3-5-11/h2-6H,7H2,1H3. The lowest BCUT2D eigenvalue weighted by molar-refractivity contribution is 0.626. The zero-order chi connectivity index (χ0) is 11.5. The molecule has 0 radical (unpaired) electrons. The lowest BCUT2D eigenvalue weighted by Gasteiger charge is -1.99. The third-order valence-electron chi connectivity index (χ3n) is 2.02. The molecule has 5 heteroatoms. The summed E-state index contributed by atoms with van der Waals surface area (Å²) in [4.78, 5) is 4.88. The number of halogens is 1. The van der Waals surface area contributed by atoms with E-state index in [1.807, 2.05) is 12.3 Å². The number of hydrogen-bond acceptors (Lipinski definition) is 3. The van der Waals surface area contributed by atoms with Gasteiger partial charge in [-0.05, 0) is 31.2 Å². The van der Waals surface area contributed by atoms with Gasteiger partial charge >= 0.3 is 0 Å². The minimum atomic E-state index is -1.15. The first kappa shape index (κ1) is 11.4. The summed E-state index contributed by atoms with van der Waals surface area (Å²) in [6, 6.07) is 5.73. The fourth-order valence-corrected chi connectivity index (χ4v) is 3.02. The summed E-state index contributed by atoms with van der Waals surface area (Å²) in [7, 11) is -1.15. The smallest absolute Gasteiger partial charge is 0.123 e. The van der Waals surface area contributed by atoms with Crippen molar-refractivity contribution in [2.75, 3.05) is 0 Å². The summed E-state index contributed by atoms with van der Waals surface area (Å²) in [5, 5.41) is 2.86. The molecular weight excluding hydrogens is 245 g/mol. The number of nitrogens with zero attached hydrogens (tertiary/aromatic N) is 1. The fourth-order valence-electron chi connectivity index (χ4n) is 1.28. The van der Waals surface area contributed by atoms with Crippen molar-refractivity contribution in [3.8, 4) is 0 Å². The van der Waals surface area contributed by atoms with Crippen molar-refractivity contribution in [2.24, 2.45) is 0 Å². The minimum absolute atomic E-state index is 0.315. The van der Waals surface area contributed by atoms with E-state index in [4.69, 9.17) is 0 Å². The van der Waals surface area contributed by atoms with Gasteiger partial charge in [0.2, 0.25) is 0 Å². The SMILES string of the molecule is Cc1nc(CS(=O)c2ccc(F)cc2)cs1. The van der Waals surface area contributed by atoms with Gasteiger partial charge in [0, 0.05) is 10.3 Å². The summed E-state index contributed by atoms with van der Waals surface area (Å²) in [5.41, 5.74) is 0.824. The molecule has 1 aromatic carbocycles. The lowest BCUT2D eigenvalue weighted by Crippen LogP contribution is -1.96. The number of benzene rings is 1. The summed E-state index contributed by atoms with van der Waals surface area (Å²) in [6.07, 6.45) is 0. The molecule has 2 aromatic rings. The molecule has 0 aliphatic rings. The normalized spacial score (nSPS) is 12.6. The van der Waals surface area contributed by atoms with Gasteiger partial charge in [-0.2, -0.15) is 0 Å². The topological polar surface area (TPSA) is 30.0 Å². The van der Waals surface area contributed by atoms with Crippen LogP contribution in [0.5, 0.6) is 0 Å². The Balaban J connectivity index is 2.11. The van der Waals surface area contributed by atoms with E-state index < -0.39 is 10.8 Å². The molecule has 2 rings (SSSR count). The first-order valence-corrected chi connectivity index (χ1v) is 6.90. The molecule has 0 N–H and O–H groups in total. The van der Waals surface area contributed by atoms with E-state index >= 15 is 0 Å². The van der Waals surface area contributed by atoms with E-state index in [-0.39, 0.29) is 5.82 Å². The van der Waals surface area contributed by atoms with Crippen LogP contribution in [-0.2, 0) is 16.6 Å². The van der Waals surface area contributed by atoms with Gasteiger partial charge in [0.15, 0.2) is 0 Å². The highest BCUT2D eigenvalue weighted by Gasteiger charge is 2.07. The molecule has 0 aliphatic carbocycles. The first-order chi connectivity index (χ1) is 7.65. The Morgan fingerprint density at radius 3 is 2.62 bits per heavy atom. The van der Waals surface area contributed by atoms with E-state index in [0.29, 0.717) is 10.6 Å². The van der Waals surface area contributed by atoms with E-state index in [1.54, 1.807) is 12.1 Å². The van der Waals surface area contributed by atoms with Crippen molar-refractivity contribution < 1.29 is 8.60 Å². The van der Waals surface area contributed by atoms with Crippen LogP contribution in [0.3, 0.4) is 0 Å². The summed E-state index contributed by atoms with van der Waals surface area (Å²) in [6.45, 7) is 1.91. The average molecular weight is 255 g/mol. The largest absolute Gasteiger partial charge is 0.254 e. The van der Waals surface area contributed by atoms with Crippen molar-refractivity contribution in [1.29, 1.82) is 0 Å². The van der Waals surface area contributed by atoms with Gasteiger partial charge in [-0.1, -0.05) is 0 Å². The van der Waals surface area contributed by atoms with Gasteiger partial charge in [0.05, 0.1) is 27.3 Å². The van der Waals surface area contributed by atoms with E-state index in [9.17, 15) is 8.60 Å². The quantitative estimate of drug-likeness (QED) is 0.844. The Labute approximate surface area is 99.6 Å². The Hall–Kier alpha value is -1.07. The van der Waals surface area contributed by atoms with Crippen LogP contribution in [-0.4, -0.2) is 9.19 Å². The molecule has 2 nitrogen and oxygen atoms in total. The van der Waals surface area contributed by atoms with Crippen molar-refractivity contribution in [3.05, 3.63) is 46.2 Å².